The maximum atomic E-state index is 8.30. The van der Waals surface area contributed by atoms with E-state index < -0.39 is 0 Å². The minimum Gasteiger partial charge on any atom is -0.382 e. The van der Waals surface area contributed by atoms with Crippen LogP contribution in [0.4, 0.5) is 0 Å². The molecule has 0 radical (unpaired) electrons. The molecule has 0 unspecified atom stereocenters. The van der Waals surface area contributed by atoms with Crippen molar-refractivity contribution in [3.63, 3.8) is 0 Å². The molecule has 0 amide bonds. The molecule has 1 heterocycles. The van der Waals surface area contributed by atoms with Crippen LogP contribution in [0.3, 0.4) is 0 Å². The number of hydrogen-bond donors (Lipinski definition) is 4. The second-order valence-corrected chi connectivity index (χ2v) is 4.01. The van der Waals surface area contributed by atoms with Crippen molar-refractivity contribution < 1.29 is 4.74 Å². The Bertz CT molecular complexity index is 289. The minimum atomic E-state index is 0.512. The molecule has 1 aliphatic rings. The topological polar surface area (TPSA) is 72.4 Å². The first-order valence-corrected chi connectivity index (χ1v) is 6.55. The van der Waals surface area contributed by atoms with Crippen LogP contribution in [0.1, 0.15) is 13.8 Å². The van der Waals surface area contributed by atoms with E-state index in [1.165, 1.54) is 0 Å². The van der Waals surface area contributed by atoms with Crippen molar-refractivity contribution in [3.05, 3.63) is 11.5 Å². The van der Waals surface area contributed by atoms with Gasteiger partial charge >= 0.3 is 0 Å². The number of hydrogen-bond acceptors (Lipinski definition) is 5. The average molecular weight is 255 g/mol. The second-order valence-electron chi connectivity index (χ2n) is 4.01. The van der Waals surface area contributed by atoms with E-state index in [0.717, 1.165) is 37.7 Å². The summed E-state index contributed by atoms with van der Waals surface area (Å²) in [6.45, 7) is 8.67. The Hall–Kier alpha value is -1.43. The Balaban J connectivity index is 2.82. The van der Waals surface area contributed by atoms with Gasteiger partial charge in [0.25, 0.3) is 0 Å². The molecule has 18 heavy (non-hydrogen) atoms. The summed E-state index contributed by atoms with van der Waals surface area (Å²) in [5.74, 6) is 1.40. The molecule has 0 bridgehead atoms. The van der Waals surface area contributed by atoms with Crippen LogP contribution < -0.4 is 16.0 Å². The van der Waals surface area contributed by atoms with Gasteiger partial charge in [0.2, 0.25) is 0 Å². The molecule has 1 rings (SSSR count). The second kappa shape index (κ2) is 7.81. The van der Waals surface area contributed by atoms with E-state index in [4.69, 9.17) is 10.1 Å². The SMILES string of the molecule is CCNC(NCC)=C(NC)C(=N)N1CCOCC1. The molecule has 0 aromatic heterocycles. The van der Waals surface area contributed by atoms with E-state index in [2.05, 4.69) is 16.0 Å². The summed E-state index contributed by atoms with van der Waals surface area (Å²) in [5, 5.41) is 17.9. The van der Waals surface area contributed by atoms with Crippen LogP contribution >= 0.6 is 0 Å². The van der Waals surface area contributed by atoms with Gasteiger partial charge in [0.15, 0.2) is 0 Å². The van der Waals surface area contributed by atoms with E-state index in [1.54, 1.807) is 0 Å². The summed E-state index contributed by atoms with van der Waals surface area (Å²) in [4.78, 5) is 2.03. The number of rotatable bonds is 6. The molecular formula is C12H25N5O. The molecule has 6 nitrogen and oxygen atoms in total. The fourth-order valence-corrected chi connectivity index (χ4v) is 1.90. The lowest BCUT2D eigenvalue weighted by molar-refractivity contribution is 0.0677. The van der Waals surface area contributed by atoms with Gasteiger partial charge < -0.3 is 25.6 Å². The summed E-state index contributed by atoms with van der Waals surface area (Å²) >= 11 is 0. The van der Waals surface area contributed by atoms with Crippen LogP contribution in [0.15, 0.2) is 11.5 Å². The van der Waals surface area contributed by atoms with E-state index in [-0.39, 0.29) is 0 Å². The van der Waals surface area contributed by atoms with Gasteiger partial charge in [-0.3, -0.25) is 5.41 Å². The molecule has 104 valence electrons. The van der Waals surface area contributed by atoms with Crippen molar-refractivity contribution in [2.45, 2.75) is 13.8 Å². The van der Waals surface area contributed by atoms with Crippen LogP contribution in [-0.4, -0.2) is 57.2 Å². The van der Waals surface area contributed by atoms with Gasteiger partial charge in [-0.2, -0.15) is 0 Å². The normalized spacial score (nSPS) is 14.9. The van der Waals surface area contributed by atoms with E-state index in [0.29, 0.717) is 19.0 Å². The zero-order chi connectivity index (χ0) is 13.4. The summed E-state index contributed by atoms with van der Waals surface area (Å²) in [5.41, 5.74) is 0.806. The molecule has 1 fully saturated rings. The van der Waals surface area contributed by atoms with Crippen molar-refractivity contribution in [1.29, 1.82) is 5.41 Å². The number of morpholine rings is 1. The van der Waals surface area contributed by atoms with Crippen molar-refractivity contribution in [2.24, 2.45) is 0 Å². The van der Waals surface area contributed by atoms with E-state index in [9.17, 15) is 0 Å². The third-order valence-electron chi connectivity index (χ3n) is 2.77. The molecular weight excluding hydrogens is 230 g/mol. The molecule has 1 saturated heterocycles. The first kappa shape index (κ1) is 14.6. The number of ether oxygens (including phenoxy) is 1. The van der Waals surface area contributed by atoms with Gasteiger partial charge in [-0.25, -0.2) is 0 Å². The molecule has 0 atom stereocenters. The third-order valence-corrected chi connectivity index (χ3v) is 2.77. The number of likely N-dealkylation sites (N-methyl/N-ethyl adjacent to an activating group) is 1. The standard InChI is InChI=1S/C12H25N5O/c1-4-15-12(16-5-2)10(14-3)11(13)17-6-8-18-9-7-17/h13-16H,4-9H2,1-3H3. The molecule has 1 aliphatic heterocycles. The van der Waals surface area contributed by atoms with Crippen molar-refractivity contribution >= 4 is 5.84 Å². The molecule has 0 aliphatic carbocycles. The largest absolute Gasteiger partial charge is 0.382 e. The quantitative estimate of drug-likeness (QED) is 0.394. The smallest absolute Gasteiger partial charge is 0.148 e. The molecule has 0 aromatic rings. The van der Waals surface area contributed by atoms with Crippen molar-refractivity contribution in [3.8, 4) is 0 Å². The van der Waals surface area contributed by atoms with Gasteiger partial charge in [0.05, 0.1) is 13.2 Å². The van der Waals surface area contributed by atoms with E-state index in [1.807, 2.05) is 25.8 Å². The summed E-state index contributed by atoms with van der Waals surface area (Å²) in [7, 11) is 1.85. The first-order valence-electron chi connectivity index (χ1n) is 6.55. The lowest BCUT2D eigenvalue weighted by atomic mass is 10.3. The highest BCUT2D eigenvalue weighted by Gasteiger charge is 2.19. The summed E-state index contributed by atoms with van der Waals surface area (Å²) in [6, 6.07) is 0. The zero-order valence-corrected chi connectivity index (χ0v) is 11.6. The fraction of sp³-hybridized carbons (Fsp3) is 0.750. The van der Waals surface area contributed by atoms with Gasteiger partial charge in [-0.05, 0) is 13.8 Å². The highest BCUT2D eigenvalue weighted by Crippen LogP contribution is 2.05. The van der Waals surface area contributed by atoms with Crippen LogP contribution in [0, 0.1) is 5.41 Å². The third kappa shape index (κ3) is 3.80. The van der Waals surface area contributed by atoms with E-state index >= 15 is 0 Å². The van der Waals surface area contributed by atoms with Crippen LogP contribution in [0.25, 0.3) is 0 Å². The van der Waals surface area contributed by atoms with Gasteiger partial charge in [0.1, 0.15) is 17.4 Å². The van der Waals surface area contributed by atoms with Crippen LogP contribution in [0.2, 0.25) is 0 Å². The Morgan fingerprint density at radius 1 is 1.17 bits per heavy atom. The predicted molar refractivity (Wildman–Crippen MR) is 73.6 cm³/mol. The average Bonchev–Trinajstić information content (AvgIpc) is 2.41. The van der Waals surface area contributed by atoms with Gasteiger partial charge in [-0.15, -0.1) is 0 Å². The number of nitrogens with zero attached hydrogens (tertiary/aromatic N) is 1. The molecule has 0 saturated carbocycles. The Morgan fingerprint density at radius 3 is 2.17 bits per heavy atom. The molecule has 0 aromatic carbocycles. The fourth-order valence-electron chi connectivity index (χ4n) is 1.90. The lowest BCUT2D eigenvalue weighted by Gasteiger charge is -2.31. The highest BCUT2D eigenvalue weighted by atomic mass is 16.5. The Morgan fingerprint density at radius 2 is 1.72 bits per heavy atom. The van der Waals surface area contributed by atoms with Gasteiger partial charge in [-0.1, -0.05) is 0 Å². The van der Waals surface area contributed by atoms with Gasteiger partial charge in [0, 0.05) is 33.2 Å². The van der Waals surface area contributed by atoms with Crippen molar-refractivity contribution in [2.75, 3.05) is 46.4 Å². The maximum absolute atomic E-state index is 8.30. The van der Waals surface area contributed by atoms with Crippen LogP contribution in [0.5, 0.6) is 0 Å². The number of nitrogens with one attached hydrogen (secondary N) is 4. The lowest BCUT2D eigenvalue weighted by Crippen LogP contribution is -2.45. The highest BCUT2D eigenvalue weighted by molar-refractivity contribution is 5.95. The van der Waals surface area contributed by atoms with Crippen LogP contribution in [-0.2, 0) is 4.74 Å². The predicted octanol–water partition coefficient (Wildman–Crippen LogP) is -0.0966. The first-order chi connectivity index (χ1) is 8.74. The molecule has 6 heteroatoms. The minimum absolute atomic E-state index is 0.512. The Labute approximate surface area is 109 Å². The summed E-state index contributed by atoms with van der Waals surface area (Å²) < 4.78 is 5.31. The molecule has 4 N–H and O–H groups in total. The Kier molecular flexibility index (Phi) is 6.35. The monoisotopic (exact) mass is 255 g/mol. The number of amidine groups is 1. The zero-order valence-electron chi connectivity index (χ0n) is 11.6. The maximum Gasteiger partial charge on any atom is 0.148 e. The summed E-state index contributed by atoms with van der Waals surface area (Å²) in [6.07, 6.45) is 0. The van der Waals surface area contributed by atoms with Crippen molar-refractivity contribution in [1.82, 2.24) is 20.9 Å². The molecule has 0 spiro atoms.